The third kappa shape index (κ3) is 4.05. The maximum absolute atomic E-state index is 6.57. The number of rotatable bonds is 3. The summed E-state index contributed by atoms with van der Waals surface area (Å²) in [4.78, 5) is 14.6. The summed E-state index contributed by atoms with van der Waals surface area (Å²) in [6, 6.07) is 46.9. The molecule has 0 radical (unpaired) electrons. The van der Waals surface area contributed by atoms with Crippen LogP contribution in [0.1, 0.15) is 0 Å². The van der Waals surface area contributed by atoms with Gasteiger partial charge in [-0.1, -0.05) is 97.1 Å². The highest BCUT2D eigenvalue weighted by molar-refractivity contribution is 6.24. The molecule has 0 saturated heterocycles. The van der Waals surface area contributed by atoms with E-state index in [0.717, 1.165) is 77.3 Å². The van der Waals surface area contributed by atoms with Crippen molar-refractivity contribution in [3.8, 4) is 33.5 Å². The van der Waals surface area contributed by atoms with Crippen molar-refractivity contribution in [2.45, 2.75) is 0 Å². The minimum absolute atomic E-state index is 0.828. The van der Waals surface area contributed by atoms with Crippen molar-refractivity contribution in [2.75, 3.05) is 0 Å². The zero-order valence-electron chi connectivity index (χ0n) is 25.2. The Labute approximate surface area is 269 Å². The Morgan fingerprint density at radius 3 is 2.04 bits per heavy atom. The summed E-state index contributed by atoms with van der Waals surface area (Å²) in [5.74, 6) is 0. The van der Waals surface area contributed by atoms with Gasteiger partial charge in [0.25, 0.3) is 0 Å². The van der Waals surface area contributed by atoms with Crippen molar-refractivity contribution in [3.63, 3.8) is 0 Å². The van der Waals surface area contributed by atoms with Gasteiger partial charge in [-0.3, -0.25) is 9.97 Å². The van der Waals surface area contributed by atoms with E-state index < -0.39 is 0 Å². The van der Waals surface area contributed by atoms with E-state index in [-0.39, 0.29) is 0 Å². The van der Waals surface area contributed by atoms with Crippen LogP contribution < -0.4 is 0 Å². The average Bonchev–Trinajstić information content (AvgIpc) is 3.53. The number of fused-ring (bicyclic) bond motifs is 10. The summed E-state index contributed by atoms with van der Waals surface area (Å²) in [6.07, 6.45) is 5.61. The largest absolute Gasteiger partial charge is 0.455 e. The highest BCUT2D eigenvalue weighted by Crippen LogP contribution is 2.41. The maximum atomic E-state index is 6.57. The fourth-order valence-corrected chi connectivity index (χ4v) is 7.07. The summed E-state index contributed by atoms with van der Waals surface area (Å²) in [5.41, 5.74) is 9.69. The second kappa shape index (κ2) is 10.1. The zero-order chi connectivity index (χ0) is 30.9. The molecule has 4 heterocycles. The molecular weight excluding hydrogens is 574 g/mol. The van der Waals surface area contributed by atoms with Crippen LogP contribution >= 0.6 is 0 Å². The molecule has 47 heavy (non-hydrogen) atoms. The summed E-state index contributed by atoms with van der Waals surface area (Å²) >= 11 is 0. The number of furan rings is 1. The van der Waals surface area contributed by atoms with E-state index in [4.69, 9.17) is 14.4 Å². The number of pyridine rings is 3. The van der Waals surface area contributed by atoms with E-state index in [1.54, 1.807) is 0 Å². The lowest BCUT2D eigenvalue weighted by molar-refractivity contribution is 0.673. The van der Waals surface area contributed by atoms with E-state index in [9.17, 15) is 0 Å². The van der Waals surface area contributed by atoms with Crippen molar-refractivity contribution >= 4 is 65.3 Å². The van der Waals surface area contributed by atoms with Crippen molar-refractivity contribution < 1.29 is 4.42 Å². The van der Waals surface area contributed by atoms with Gasteiger partial charge < -0.3 is 4.42 Å². The lowest BCUT2D eigenvalue weighted by atomic mass is 9.96. The Morgan fingerprint density at radius 1 is 0.468 bits per heavy atom. The van der Waals surface area contributed by atoms with Crippen LogP contribution in [-0.4, -0.2) is 15.0 Å². The second-order valence-corrected chi connectivity index (χ2v) is 12.1. The number of hydrogen-bond acceptors (Lipinski definition) is 4. The molecule has 6 aromatic carbocycles. The van der Waals surface area contributed by atoms with Crippen LogP contribution in [0.25, 0.3) is 98.8 Å². The molecule has 10 rings (SSSR count). The third-order valence-corrected chi connectivity index (χ3v) is 9.39. The molecule has 4 heteroatoms. The fraction of sp³-hybridized carbons (Fsp3) is 0. The standard InChI is InChI=1S/C43H25N3O/c1-2-6-33-28(5-1)11-14-31-23-30(15-16-34(31)33)32-24-38-42(45-25-32)40-37(18-17-36-35-7-3-4-8-39(35)47-43(36)40)41(46-38)29-12-9-26(10-13-29)27-19-21-44-22-20-27/h1-25H. The summed E-state index contributed by atoms with van der Waals surface area (Å²) in [6.45, 7) is 0. The first-order valence-electron chi connectivity index (χ1n) is 15.7. The number of nitrogens with zero attached hydrogens (tertiary/aromatic N) is 3. The molecule has 0 atom stereocenters. The molecule has 0 spiro atoms. The molecule has 0 unspecified atom stereocenters. The monoisotopic (exact) mass is 599 g/mol. The number of para-hydroxylation sites is 1. The Kier molecular flexibility index (Phi) is 5.54. The fourth-order valence-electron chi connectivity index (χ4n) is 7.07. The maximum Gasteiger partial charge on any atom is 0.145 e. The molecule has 0 aliphatic carbocycles. The van der Waals surface area contributed by atoms with Crippen LogP contribution in [0, 0.1) is 0 Å². The number of hydrogen-bond donors (Lipinski definition) is 0. The van der Waals surface area contributed by atoms with E-state index in [0.29, 0.717) is 0 Å². The molecule has 0 aliphatic rings. The number of aromatic nitrogens is 3. The van der Waals surface area contributed by atoms with Gasteiger partial charge in [-0.25, -0.2) is 4.98 Å². The average molecular weight is 600 g/mol. The summed E-state index contributed by atoms with van der Waals surface area (Å²) in [5, 5.41) is 9.11. The Hall–Kier alpha value is -6.39. The molecule has 4 aromatic heterocycles. The smallest absolute Gasteiger partial charge is 0.145 e. The third-order valence-electron chi connectivity index (χ3n) is 9.39. The number of benzene rings is 6. The quantitative estimate of drug-likeness (QED) is 0.190. The lowest BCUT2D eigenvalue weighted by Gasteiger charge is -2.12. The molecule has 218 valence electrons. The SMILES string of the molecule is c1ccc2c(c1)ccc1cc(-c3cnc4c(c3)nc(-c3ccc(-c5ccncc5)cc3)c3ccc5c6ccccc6oc5c34)ccc12. The summed E-state index contributed by atoms with van der Waals surface area (Å²) < 4.78 is 6.57. The van der Waals surface area contributed by atoms with Gasteiger partial charge in [-0.2, -0.15) is 0 Å². The molecule has 4 nitrogen and oxygen atoms in total. The first kappa shape index (κ1) is 25.9. The van der Waals surface area contributed by atoms with Gasteiger partial charge in [0, 0.05) is 45.9 Å². The highest BCUT2D eigenvalue weighted by Gasteiger charge is 2.19. The Bertz CT molecular complexity index is 2840. The van der Waals surface area contributed by atoms with Crippen LogP contribution in [-0.2, 0) is 0 Å². The van der Waals surface area contributed by atoms with Crippen molar-refractivity contribution in [3.05, 3.63) is 152 Å². The minimum Gasteiger partial charge on any atom is -0.455 e. The highest BCUT2D eigenvalue weighted by atomic mass is 16.3. The predicted octanol–water partition coefficient (Wildman–Crippen LogP) is 11.4. The molecule has 0 aliphatic heterocycles. The van der Waals surface area contributed by atoms with E-state index in [2.05, 4.69) is 114 Å². The van der Waals surface area contributed by atoms with Gasteiger partial charge in [0.15, 0.2) is 0 Å². The summed E-state index contributed by atoms with van der Waals surface area (Å²) in [7, 11) is 0. The lowest BCUT2D eigenvalue weighted by Crippen LogP contribution is -1.93. The topological polar surface area (TPSA) is 51.8 Å². The zero-order valence-corrected chi connectivity index (χ0v) is 25.2. The normalized spacial score (nSPS) is 11.8. The minimum atomic E-state index is 0.828. The van der Waals surface area contributed by atoms with Gasteiger partial charge in [-0.15, -0.1) is 0 Å². The Morgan fingerprint density at radius 2 is 1.15 bits per heavy atom. The molecule has 10 aromatic rings. The second-order valence-electron chi connectivity index (χ2n) is 12.1. The van der Waals surface area contributed by atoms with Crippen LogP contribution in [0.2, 0.25) is 0 Å². The van der Waals surface area contributed by atoms with Crippen LogP contribution in [0.5, 0.6) is 0 Å². The van der Waals surface area contributed by atoms with Crippen LogP contribution in [0.3, 0.4) is 0 Å². The van der Waals surface area contributed by atoms with E-state index >= 15 is 0 Å². The van der Waals surface area contributed by atoms with Gasteiger partial charge in [0.05, 0.1) is 16.6 Å². The molecule has 0 bridgehead atoms. The van der Waals surface area contributed by atoms with Crippen molar-refractivity contribution in [2.24, 2.45) is 0 Å². The van der Waals surface area contributed by atoms with Gasteiger partial charge in [0.1, 0.15) is 16.7 Å². The van der Waals surface area contributed by atoms with E-state index in [1.807, 2.05) is 42.9 Å². The molecular formula is C43H25N3O. The molecule has 0 amide bonds. The van der Waals surface area contributed by atoms with Gasteiger partial charge in [0.2, 0.25) is 0 Å². The van der Waals surface area contributed by atoms with E-state index in [1.165, 1.54) is 21.5 Å². The van der Waals surface area contributed by atoms with Crippen molar-refractivity contribution in [1.82, 2.24) is 15.0 Å². The molecule has 0 saturated carbocycles. The Balaban J connectivity index is 1.21. The van der Waals surface area contributed by atoms with Crippen LogP contribution in [0.4, 0.5) is 0 Å². The van der Waals surface area contributed by atoms with Gasteiger partial charge >= 0.3 is 0 Å². The molecule has 0 N–H and O–H groups in total. The van der Waals surface area contributed by atoms with Crippen LogP contribution in [0.15, 0.2) is 156 Å². The molecule has 0 fully saturated rings. The predicted molar refractivity (Wildman–Crippen MR) is 193 cm³/mol. The van der Waals surface area contributed by atoms with Crippen molar-refractivity contribution in [1.29, 1.82) is 0 Å². The first-order chi connectivity index (χ1) is 23.3. The van der Waals surface area contributed by atoms with Gasteiger partial charge in [-0.05, 0) is 74.6 Å². The first-order valence-corrected chi connectivity index (χ1v) is 15.7.